The molecule has 1 N–H and O–H groups in total. The zero-order valence-electron chi connectivity index (χ0n) is 18.0. The fraction of sp³-hybridized carbons (Fsp3) is 0.174. The molecule has 3 aromatic carbocycles. The van der Waals surface area contributed by atoms with Crippen LogP contribution in [0.25, 0.3) is 22.6 Å². The number of methoxy groups -OCH3 is 3. The fourth-order valence-corrected chi connectivity index (χ4v) is 4.30. The molecule has 9 heteroatoms. The number of aryl methyl sites for hydroxylation is 1. The van der Waals surface area contributed by atoms with Crippen LogP contribution in [0.4, 0.5) is 5.69 Å². The highest BCUT2D eigenvalue weighted by molar-refractivity contribution is 7.92. The summed E-state index contributed by atoms with van der Waals surface area (Å²) in [5.41, 5.74) is 2.98. The monoisotopic (exact) mass is 454 g/mol. The third-order valence-electron chi connectivity index (χ3n) is 4.88. The van der Waals surface area contributed by atoms with E-state index in [0.29, 0.717) is 45.5 Å². The van der Waals surface area contributed by atoms with E-state index in [2.05, 4.69) is 9.71 Å². The molecule has 0 spiro atoms. The standard InChI is InChI=1S/C23H22N2O6S/c1-14-5-8-17(9-6-14)32(26,27)25-16-7-10-19-18(13-16)24-23(31-19)15-11-20(28-2)22(30-4)21(12-15)29-3/h5-13,25H,1-4H3. The van der Waals surface area contributed by atoms with Gasteiger partial charge >= 0.3 is 0 Å². The number of aromatic nitrogens is 1. The topological polar surface area (TPSA) is 99.9 Å². The van der Waals surface area contributed by atoms with Crippen molar-refractivity contribution in [2.45, 2.75) is 11.8 Å². The number of anilines is 1. The molecule has 0 atom stereocenters. The van der Waals surface area contributed by atoms with Crippen LogP contribution in [0, 0.1) is 6.92 Å². The number of oxazole rings is 1. The van der Waals surface area contributed by atoms with Gasteiger partial charge in [-0.15, -0.1) is 0 Å². The maximum absolute atomic E-state index is 12.7. The highest BCUT2D eigenvalue weighted by Crippen LogP contribution is 2.41. The van der Waals surface area contributed by atoms with Crippen molar-refractivity contribution in [3.05, 3.63) is 60.2 Å². The van der Waals surface area contributed by atoms with Crippen LogP contribution in [0.3, 0.4) is 0 Å². The second kappa shape index (κ2) is 8.43. The first-order valence-corrected chi connectivity index (χ1v) is 11.1. The Kier molecular flexibility index (Phi) is 5.67. The largest absolute Gasteiger partial charge is 0.493 e. The lowest BCUT2D eigenvalue weighted by Gasteiger charge is -2.12. The lowest BCUT2D eigenvalue weighted by atomic mass is 10.2. The van der Waals surface area contributed by atoms with Crippen molar-refractivity contribution < 1.29 is 27.0 Å². The molecule has 4 rings (SSSR count). The Bertz CT molecular complexity index is 1350. The first-order valence-electron chi connectivity index (χ1n) is 9.65. The minimum Gasteiger partial charge on any atom is -0.493 e. The van der Waals surface area contributed by atoms with E-state index in [9.17, 15) is 8.42 Å². The molecule has 0 aliphatic heterocycles. The molecule has 8 nitrogen and oxygen atoms in total. The van der Waals surface area contributed by atoms with Gasteiger partial charge in [-0.1, -0.05) is 17.7 Å². The number of ether oxygens (including phenoxy) is 3. The molecule has 32 heavy (non-hydrogen) atoms. The number of hydrogen-bond acceptors (Lipinski definition) is 7. The van der Waals surface area contributed by atoms with Gasteiger partial charge < -0.3 is 18.6 Å². The van der Waals surface area contributed by atoms with Gasteiger partial charge in [0.2, 0.25) is 11.6 Å². The van der Waals surface area contributed by atoms with E-state index in [1.54, 1.807) is 54.6 Å². The van der Waals surface area contributed by atoms with Gasteiger partial charge in [-0.3, -0.25) is 4.72 Å². The van der Waals surface area contributed by atoms with Crippen LogP contribution in [-0.2, 0) is 10.0 Å². The number of rotatable bonds is 7. The minimum absolute atomic E-state index is 0.182. The third kappa shape index (κ3) is 4.06. The summed E-state index contributed by atoms with van der Waals surface area (Å²) < 4.78 is 49.9. The molecule has 0 bridgehead atoms. The summed E-state index contributed by atoms with van der Waals surface area (Å²) in [6.07, 6.45) is 0. The van der Waals surface area contributed by atoms with Crippen LogP contribution < -0.4 is 18.9 Å². The molecule has 166 valence electrons. The number of hydrogen-bond donors (Lipinski definition) is 1. The second-order valence-corrected chi connectivity index (χ2v) is 8.72. The van der Waals surface area contributed by atoms with Crippen molar-refractivity contribution in [2.75, 3.05) is 26.1 Å². The van der Waals surface area contributed by atoms with E-state index in [4.69, 9.17) is 18.6 Å². The number of benzene rings is 3. The summed E-state index contributed by atoms with van der Waals surface area (Å²) >= 11 is 0. The number of nitrogens with one attached hydrogen (secondary N) is 1. The number of nitrogens with zero attached hydrogens (tertiary/aromatic N) is 1. The van der Waals surface area contributed by atoms with E-state index < -0.39 is 10.0 Å². The first-order chi connectivity index (χ1) is 15.3. The lowest BCUT2D eigenvalue weighted by molar-refractivity contribution is 0.324. The first kappa shape index (κ1) is 21.5. The molecule has 0 amide bonds. The van der Waals surface area contributed by atoms with Crippen LogP contribution >= 0.6 is 0 Å². The third-order valence-corrected chi connectivity index (χ3v) is 6.28. The number of sulfonamides is 1. The van der Waals surface area contributed by atoms with Gasteiger partial charge in [-0.05, 0) is 49.4 Å². The lowest BCUT2D eigenvalue weighted by Crippen LogP contribution is -2.12. The predicted octanol–water partition coefficient (Wildman–Crippen LogP) is 4.63. The van der Waals surface area contributed by atoms with Gasteiger partial charge in [0.1, 0.15) is 5.52 Å². The molecular formula is C23H22N2O6S. The second-order valence-electron chi connectivity index (χ2n) is 7.03. The Balaban J connectivity index is 1.69. The molecule has 1 heterocycles. The maximum Gasteiger partial charge on any atom is 0.261 e. The van der Waals surface area contributed by atoms with Gasteiger partial charge in [0, 0.05) is 5.56 Å². The zero-order valence-corrected chi connectivity index (χ0v) is 18.8. The Morgan fingerprint density at radius 2 is 1.53 bits per heavy atom. The zero-order chi connectivity index (χ0) is 22.9. The molecule has 0 saturated carbocycles. The molecule has 1 aromatic heterocycles. The quantitative estimate of drug-likeness (QED) is 0.435. The number of fused-ring (bicyclic) bond motifs is 1. The SMILES string of the molecule is COc1cc(-c2nc3cc(NS(=O)(=O)c4ccc(C)cc4)ccc3o2)cc(OC)c1OC. The van der Waals surface area contributed by atoms with Crippen LogP contribution in [0.5, 0.6) is 17.2 Å². The molecule has 0 radical (unpaired) electrons. The van der Waals surface area contributed by atoms with Crippen molar-refractivity contribution >= 4 is 26.8 Å². The van der Waals surface area contributed by atoms with E-state index in [0.717, 1.165) is 5.56 Å². The van der Waals surface area contributed by atoms with Crippen molar-refractivity contribution in [3.8, 4) is 28.7 Å². The van der Waals surface area contributed by atoms with Crippen molar-refractivity contribution in [3.63, 3.8) is 0 Å². The Morgan fingerprint density at radius 1 is 0.875 bits per heavy atom. The summed E-state index contributed by atoms with van der Waals surface area (Å²) in [7, 11) is 0.856. The maximum atomic E-state index is 12.7. The Morgan fingerprint density at radius 3 is 2.12 bits per heavy atom. The van der Waals surface area contributed by atoms with E-state index >= 15 is 0 Å². The summed E-state index contributed by atoms with van der Waals surface area (Å²) in [5, 5.41) is 0. The molecule has 0 aliphatic rings. The van der Waals surface area contributed by atoms with Gasteiger partial charge in [0.25, 0.3) is 10.0 Å². The van der Waals surface area contributed by atoms with Crippen LogP contribution in [0.15, 0.2) is 63.9 Å². The van der Waals surface area contributed by atoms with Gasteiger partial charge in [0.05, 0.1) is 31.9 Å². The minimum atomic E-state index is -3.73. The van der Waals surface area contributed by atoms with Crippen molar-refractivity contribution in [1.29, 1.82) is 0 Å². The predicted molar refractivity (Wildman–Crippen MR) is 121 cm³/mol. The highest BCUT2D eigenvalue weighted by atomic mass is 32.2. The molecule has 0 saturated heterocycles. The van der Waals surface area contributed by atoms with Crippen molar-refractivity contribution in [2.24, 2.45) is 0 Å². The van der Waals surface area contributed by atoms with Crippen LogP contribution in [0.2, 0.25) is 0 Å². The normalized spacial score (nSPS) is 11.4. The molecular weight excluding hydrogens is 432 g/mol. The highest BCUT2D eigenvalue weighted by Gasteiger charge is 2.18. The summed E-state index contributed by atoms with van der Waals surface area (Å²) in [4.78, 5) is 4.69. The summed E-state index contributed by atoms with van der Waals surface area (Å²) in [5.74, 6) is 1.73. The average molecular weight is 455 g/mol. The van der Waals surface area contributed by atoms with Crippen LogP contribution in [0.1, 0.15) is 5.56 Å². The summed E-state index contributed by atoms with van der Waals surface area (Å²) in [6.45, 7) is 1.90. The van der Waals surface area contributed by atoms with Gasteiger partial charge in [-0.2, -0.15) is 0 Å². The van der Waals surface area contributed by atoms with E-state index in [1.807, 2.05) is 6.92 Å². The van der Waals surface area contributed by atoms with Crippen molar-refractivity contribution in [1.82, 2.24) is 4.98 Å². The molecule has 0 fully saturated rings. The molecule has 0 aliphatic carbocycles. The molecule has 4 aromatic rings. The van der Waals surface area contributed by atoms with E-state index in [1.165, 1.54) is 21.3 Å². The summed E-state index contributed by atoms with van der Waals surface area (Å²) in [6, 6.07) is 15.0. The van der Waals surface area contributed by atoms with E-state index in [-0.39, 0.29) is 4.90 Å². The molecule has 0 unspecified atom stereocenters. The van der Waals surface area contributed by atoms with Gasteiger partial charge in [0.15, 0.2) is 17.1 Å². The Hall–Kier alpha value is -3.72. The fourth-order valence-electron chi connectivity index (χ4n) is 3.25. The van der Waals surface area contributed by atoms with Gasteiger partial charge in [-0.25, -0.2) is 13.4 Å². The van der Waals surface area contributed by atoms with Crippen LogP contribution in [-0.4, -0.2) is 34.7 Å². The Labute approximate surface area is 185 Å². The average Bonchev–Trinajstić information content (AvgIpc) is 3.21. The smallest absolute Gasteiger partial charge is 0.261 e.